The van der Waals surface area contributed by atoms with Gasteiger partial charge in [-0.3, -0.25) is 14.1 Å². The van der Waals surface area contributed by atoms with Gasteiger partial charge in [0, 0.05) is 65.2 Å². The second kappa shape index (κ2) is 23.5. The lowest BCUT2D eigenvalue weighted by Gasteiger charge is -2.44. The third kappa shape index (κ3) is 15.1. The molecule has 1 aliphatic heterocycles. The Labute approximate surface area is 342 Å². The normalized spacial score (nSPS) is 19.3. The van der Waals surface area contributed by atoms with Crippen LogP contribution in [0, 0.1) is 5.41 Å². The molecule has 2 unspecified atom stereocenters. The third-order valence-electron chi connectivity index (χ3n) is 10.5. The summed E-state index contributed by atoms with van der Waals surface area (Å²) in [5.41, 5.74) is 4.59. The van der Waals surface area contributed by atoms with E-state index in [1.54, 1.807) is 0 Å². The molecular formula is C43H71ClN3O4PS2. The molecule has 2 N–H and O–H groups in total. The number of carbonyl (C=O) groups is 1. The van der Waals surface area contributed by atoms with Gasteiger partial charge in [-0.2, -0.15) is 0 Å². The van der Waals surface area contributed by atoms with Gasteiger partial charge < -0.3 is 19.9 Å². The average Bonchev–Trinajstić information content (AvgIpc) is 3.12. The van der Waals surface area contributed by atoms with Gasteiger partial charge in [0.15, 0.2) is 6.29 Å². The first-order valence-electron chi connectivity index (χ1n) is 20.2. The highest BCUT2D eigenvalue weighted by molar-refractivity contribution is 8.76. The summed E-state index contributed by atoms with van der Waals surface area (Å²) >= 11 is 7.20. The van der Waals surface area contributed by atoms with Crippen LogP contribution in [0.4, 0.5) is 0 Å². The van der Waals surface area contributed by atoms with E-state index in [2.05, 4.69) is 126 Å². The first-order valence-corrected chi connectivity index (χ1v) is 24.7. The number of rotatable bonds is 24. The Bertz CT molecular complexity index is 1370. The van der Waals surface area contributed by atoms with Gasteiger partial charge in [-0.25, -0.2) is 0 Å². The van der Waals surface area contributed by atoms with Gasteiger partial charge >= 0.3 is 0 Å². The Hall–Kier alpha value is -0.870. The summed E-state index contributed by atoms with van der Waals surface area (Å²) in [6, 6.07) is 18.2. The molecular weight excluding hydrogens is 753 g/mol. The maximum Gasteiger partial charge on any atom is 0.220 e. The predicted octanol–water partition coefficient (Wildman–Crippen LogP) is 11.7. The second-order valence-electron chi connectivity index (χ2n) is 16.6. The molecule has 3 rings (SSSR count). The predicted molar refractivity (Wildman–Crippen MR) is 235 cm³/mol. The molecule has 1 aliphatic rings. The summed E-state index contributed by atoms with van der Waals surface area (Å²) in [6.07, 6.45) is 7.17. The highest BCUT2D eigenvalue weighted by Gasteiger charge is 2.36. The van der Waals surface area contributed by atoms with Gasteiger partial charge in [0.2, 0.25) is 5.91 Å². The number of aliphatic hydroxyl groups excluding tert-OH is 1. The van der Waals surface area contributed by atoms with Crippen molar-refractivity contribution in [1.82, 2.24) is 14.7 Å². The molecule has 2 aromatic carbocycles. The molecule has 0 aliphatic carbocycles. The molecule has 54 heavy (non-hydrogen) atoms. The quantitative estimate of drug-likeness (QED) is 0.0616. The van der Waals surface area contributed by atoms with Crippen LogP contribution in [-0.2, 0) is 33.0 Å². The molecule has 306 valence electrons. The van der Waals surface area contributed by atoms with Crippen LogP contribution in [0.2, 0.25) is 0 Å². The van der Waals surface area contributed by atoms with Crippen molar-refractivity contribution in [3.8, 4) is 0 Å². The number of hydrogen-bond acceptors (Lipinski definition) is 8. The molecule has 0 aromatic heterocycles. The molecule has 11 heteroatoms. The lowest BCUT2D eigenvalue weighted by atomic mass is 9.81. The summed E-state index contributed by atoms with van der Waals surface area (Å²) in [5.74, 6) is 0.952. The first-order chi connectivity index (χ1) is 25.6. The highest BCUT2D eigenvalue weighted by Crippen LogP contribution is 2.54. The van der Waals surface area contributed by atoms with Crippen molar-refractivity contribution in [2.75, 3.05) is 19.8 Å². The van der Waals surface area contributed by atoms with E-state index in [1.807, 2.05) is 27.7 Å². The van der Waals surface area contributed by atoms with E-state index in [-0.39, 0.29) is 29.0 Å². The summed E-state index contributed by atoms with van der Waals surface area (Å²) in [4.78, 5) is 12.8. The van der Waals surface area contributed by atoms with Crippen LogP contribution in [0.25, 0.3) is 0 Å². The summed E-state index contributed by atoms with van der Waals surface area (Å²) in [5, 5.41) is 12.5. The Balaban J connectivity index is 1.38. The number of nitrogens with zero attached hydrogens (tertiary/aromatic N) is 2. The molecule has 1 fully saturated rings. The van der Waals surface area contributed by atoms with Crippen LogP contribution in [0.15, 0.2) is 48.5 Å². The van der Waals surface area contributed by atoms with E-state index >= 15 is 0 Å². The molecule has 2 atom stereocenters. The van der Waals surface area contributed by atoms with E-state index in [0.29, 0.717) is 56.8 Å². The zero-order valence-corrected chi connectivity index (χ0v) is 38.2. The lowest BCUT2D eigenvalue weighted by molar-refractivity contribution is -0.236. The second-order valence-corrected chi connectivity index (χ2v) is 21.9. The minimum absolute atomic E-state index is 0.0307. The largest absolute Gasteiger partial charge is 0.396 e. The molecule has 1 saturated heterocycles. The van der Waals surface area contributed by atoms with Crippen molar-refractivity contribution in [2.24, 2.45) is 5.41 Å². The van der Waals surface area contributed by atoms with Crippen molar-refractivity contribution in [2.45, 2.75) is 168 Å². The van der Waals surface area contributed by atoms with Crippen molar-refractivity contribution < 1.29 is 19.4 Å². The van der Waals surface area contributed by atoms with E-state index in [9.17, 15) is 9.90 Å². The molecule has 0 spiro atoms. The van der Waals surface area contributed by atoms with Crippen LogP contribution < -0.4 is 5.32 Å². The number of halogens is 1. The minimum atomic E-state index is -0.887. The standard InChI is InChI=1S/C43H71ClN3O4PS2/c1-11-43(25-15-14-16-35(8)47(34(6)7)52(44)46(32(2)3)33(4)5)30-50-41(51-31-43)38-21-19-36(20-22-38)28-45-40(49)23-26-42(9,10)54-53-29-39-18-13-12-17-37(39)24-27-48/h12-13,17-22,32-35,41,48H,11,14-16,23-31H2,1-10H3,(H,45,49). The van der Waals surface area contributed by atoms with E-state index in [0.717, 1.165) is 55.4 Å². The number of hydrogen-bond donors (Lipinski definition) is 2. The van der Waals surface area contributed by atoms with Crippen LogP contribution in [0.1, 0.15) is 143 Å². The van der Waals surface area contributed by atoms with Crippen molar-refractivity contribution in [3.63, 3.8) is 0 Å². The Morgan fingerprint density at radius 1 is 0.963 bits per heavy atom. The molecule has 7 nitrogen and oxygen atoms in total. The van der Waals surface area contributed by atoms with E-state index in [1.165, 1.54) is 11.1 Å². The number of aliphatic hydroxyl groups is 1. The zero-order chi connectivity index (χ0) is 39.9. The number of unbranched alkanes of at least 4 members (excludes halogenated alkanes) is 1. The van der Waals surface area contributed by atoms with Gasteiger partial charge in [-0.05, 0) is 111 Å². The van der Waals surface area contributed by atoms with Crippen LogP contribution in [-0.4, -0.2) is 69.1 Å². The minimum Gasteiger partial charge on any atom is -0.396 e. The SMILES string of the molecule is CCC1(CCCCC(C)N(C(C)C)P(Cl)N(C(C)C)C(C)C)COC(c2ccc(CNC(=O)CCC(C)(C)SSCc3ccccc3CCO)cc2)OC1. The first kappa shape index (κ1) is 47.5. The molecule has 1 heterocycles. The summed E-state index contributed by atoms with van der Waals surface area (Å²) in [6.45, 7) is 24.6. The average molecular weight is 825 g/mol. The smallest absolute Gasteiger partial charge is 0.220 e. The number of ether oxygens (including phenoxy) is 2. The number of amides is 1. The maximum atomic E-state index is 12.8. The van der Waals surface area contributed by atoms with Gasteiger partial charge in [-0.15, -0.1) is 0 Å². The number of benzene rings is 2. The molecule has 0 bridgehead atoms. The fourth-order valence-corrected chi connectivity index (χ4v) is 13.8. The molecule has 1 amide bonds. The topological polar surface area (TPSA) is 74.3 Å². The molecule has 2 aromatic rings. The van der Waals surface area contributed by atoms with Crippen molar-refractivity contribution in [1.29, 1.82) is 0 Å². The van der Waals surface area contributed by atoms with Crippen molar-refractivity contribution >= 4 is 46.3 Å². The fourth-order valence-electron chi connectivity index (χ4n) is 7.20. The van der Waals surface area contributed by atoms with Gasteiger partial charge in [-0.1, -0.05) is 101 Å². The number of carbonyl (C=O) groups excluding carboxylic acids is 1. The van der Waals surface area contributed by atoms with Gasteiger partial charge in [0.25, 0.3) is 0 Å². The highest BCUT2D eigenvalue weighted by atomic mass is 35.7. The van der Waals surface area contributed by atoms with Gasteiger partial charge in [0.05, 0.1) is 13.2 Å². The number of nitrogens with one attached hydrogen (secondary N) is 1. The summed E-state index contributed by atoms with van der Waals surface area (Å²) in [7, 11) is 2.76. The van der Waals surface area contributed by atoms with Crippen molar-refractivity contribution in [3.05, 3.63) is 70.8 Å². The zero-order valence-electron chi connectivity index (χ0n) is 34.9. The third-order valence-corrected chi connectivity index (χ3v) is 17.4. The lowest BCUT2D eigenvalue weighted by Crippen LogP contribution is -2.42. The monoisotopic (exact) mass is 823 g/mol. The molecule has 0 saturated carbocycles. The Kier molecular flexibility index (Phi) is 20.7. The Morgan fingerprint density at radius 3 is 2.15 bits per heavy atom. The maximum absolute atomic E-state index is 12.8. The van der Waals surface area contributed by atoms with Crippen LogP contribution in [0.3, 0.4) is 0 Å². The molecule has 0 radical (unpaired) electrons. The van der Waals surface area contributed by atoms with E-state index < -0.39 is 7.58 Å². The Morgan fingerprint density at radius 2 is 1.57 bits per heavy atom. The summed E-state index contributed by atoms with van der Waals surface area (Å²) < 4.78 is 17.7. The van der Waals surface area contributed by atoms with E-state index in [4.69, 9.17) is 20.7 Å². The van der Waals surface area contributed by atoms with Crippen LogP contribution >= 0.6 is 40.4 Å². The fraction of sp³-hybridized carbons (Fsp3) is 0.698. The van der Waals surface area contributed by atoms with Gasteiger partial charge in [0.1, 0.15) is 7.58 Å². The van der Waals surface area contributed by atoms with Crippen LogP contribution in [0.5, 0.6) is 0 Å².